The van der Waals surface area contributed by atoms with Crippen LogP contribution in [-0.4, -0.2) is 95.0 Å². The average Bonchev–Trinajstić information content (AvgIpc) is 3.49. The Morgan fingerprint density at radius 1 is 1.23 bits per heavy atom. The van der Waals surface area contributed by atoms with Gasteiger partial charge in [-0.05, 0) is 33.1 Å². The summed E-state index contributed by atoms with van der Waals surface area (Å²) in [6, 6.07) is 0.419. The first-order valence-electron chi connectivity index (χ1n) is 11.0. The number of ether oxygens (including phenoxy) is 1. The van der Waals surface area contributed by atoms with Gasteiger partial charge in [0.2, 0.25) is 5.91 Å². The molecule has 1 saturated heterocycles. The van der Waals surface area contributed by atoms with Crippen molar-refractivity contribution in [3.05, 3.63) is 11.6 Å². The number of nitrogens with zero attached hydrogens (tertiary/aromatic N) is 6. The van der Waals surface area contributed by atoms with E-state index >= 15 is 0 Å². The maximum atomic E-state index is 12.1. The number of hydrogen-bond donors (Lipinski definition) is 2. The Morgan fingerprint density at radius 2 is 1.97 bits per heavy atom. The fraction of sp³-hybridized carbons (Fsp3) is 0.800. The lowest BCUT2D eigenvalue weighted by Crippen LogP contribution is -2.54. The monoisotopic (exact) mass is 548 g/mol. The molecule has 31 heavy (non-hydrogen) atoms. The van der Waals surface area contributed by atoms with E-state index in [1.54, 1.807) is 0 Å². The van der Waals surface area contributed by atoms with Crippen molar-refractivity contribution in [1.29, 1.82) is 0 Å². The van der Waals surface area contributed by atoms with Crippen LogP contribution in [0.2, 0.25) is 0 Å². The van der Waals surface area contributed by atoms with Crippen molar-refractivity contribution in [3.63, 3.8) is 0 Å². The molecule has 2 heterocycles. The molecule has 0 unspecified atom stereocenters. The molecule has 1 aromatic rings. The lowest BCUT2D eigenvalue weighted by atomic mass is 10.3. The van der Waals surface area contributed by atoms with Gasteiger partial charge in [0.05, 0.1) is 6.54 Å². The predicted octanol–water partition coefficient (Wildman–Crippen LogP) is 0.510. The SMILES string of the molecule is CCOCCCNC(=NCc1nnc(C)n1C)N1CCN(CC(=O)NC2CC2)CC1.I. The van der Waals surface area contributed by atoms with Gasteiger partial charge in [-0.3, -0.25) is 9.69 Å². The zero-order valence-corrected chi connectivity index (χ0v) is 21.3. The molecule has 2 fully saturated rings. The van der Waals surface area contributed by atoms with E-state index in [1.807, 2.05) is 25.5 Å². The Hall–Kier alpha value is -1.47. The van der Waals surface area contributed by atoms with Gasteiger partial charge in [0.15, 0.2) is 11.8 Å². The molecular formula is C20H37IN8O2. The highest BCUT2D eigenvalue weighted by atomic mass is 127. The summed E-state index contributed by atoms with van der Waals surface area (Å²) in [5.74, 6) is 2.75. The van der Waals surface area contributed by atoms with Gasteiger partial charge < -0.3 is 24.8 Å². The van der Waals surface area contributed by atoms with Crippen molar-refractivity contribution < 1.29 is 9.53 Å². The third-order valence-corrected chi connectivity index (χ3v) is 5.49. The zero-order valence-electron chi connectivity index (χ0n) is 19.0. The Labute approximate surface area is 202 Å². The second kappa shape index (κ2) is 13.2. The third-order valence-electron chi connectivity index (χ3n) is 5.49. The van der Waals surface area contributed by atoms with Crippen LogP contribution in [0.5, 0.6) is 0 Å². The highest BCUT2D eigenvalue weighted by Crippen LogP contribution is 2.18. The maximum absolute atomic E-state index is 12.1. The molecule has 1 aliphatic heterocycles. The van der Waals surface area contributed by atoms with Gasteiger partial charge in [-0.15, -0.1) is 34.2 Å². The van der Waals surface area contributed by atoms with Crippen LogP contribution in [0.15, 0.2) is 4.99 Å². The van der Waals surface area contributed by atoms with Crippen molar-refractivity contribution in [2.75, 3.05) is 52.5 Å². The summed E-state index contributed by atoms with van der Waals surface area (Å²) in [6.07, 6.45) is 3.18. The Morgan fingerprint density at radius 3 is 2.58 bits per heavy atom. The molecule has 1 aliphatic carbocycles. The molecule has 2 aliphatic rings. The van der Waals surface area contributed by atoms with Crippen LogP contribution in [0.25, 0.3) is 0 Å². The summed E-state index contributed by atoms with van der Waals surface area (Å²) in [5, 5.41) is 14.9. The van der Waals surface area contributed by atoms with Crippen molar-refractivity contribution in [3.8, 4) is 0 Å². The first kappa shape index (κ1) is 25.8. The van der Waals surface area contributed by atoms with E-state index in [0.29, 0.717) is 19.1 Å². The summed E-state index contributed by atoms with van der Waals surface area (Å²) in [5.41, 5.74) is 0. The maximum Gasteiger partial charge on any atom is 0.234 e. The number of halogens is 1. The number of aryl methyl sites for hydroxylation is 1. The van der Waals surface area contributed by atoms with Crippen LogP contribution in [0, 0.1) is 6.92 Å². The number of aromatic nitrogens is 3. The molecule has 1 aromatic heterocycles. The smallest absolute Gasteiger partial charge is 0.234 e. The third kappa shape index (κ3) is 8.53. The van der Waals surface area contributed by atoms with Crippen LogP contribution >= 0.6 is 24.0 Å². The highest BCUT2D eigenvalue weighted by Gasteiger charge is 2.26. The summed E-state index contributed by atoms with van der Waals surface area (Å²) < 4.78 is 7.40. The summed E-state index contributed by atoms with van der Waals surface area (Å²) in [4.78, 5) is 21.4. The quantitative estimate of drug-likeness (QED) is 0.190. The molecule has 10 nitrogen and oxygen atoms in total. The van der Waals surface area contributed by atoms with Gasteiger partial charge in [0, 0.05) is 59.0 Å². The van der Waals surface area contributed by atoms with E-state index in [-0.39, 0.29) is 29.9 Å². The lowest BCUT2D eigenvalue weighted by Gasteiger charge is -2.36. The first-order chi connectivity index (χ1) is 14.6. The molecule has 0 aromatic carbocycles. The second-order valence-corrected chi connectivity index (χ2v) is 7.94. The van der Waals surface area contributed by atoms with Crippen LogP contribution in [0.4, 0.5) is 0 Å². The minimum atomic E-state index is 0. The van der Waals surface area contributed by atoms with Crippen molar-refractivity contribution in [1.82, 2.24) is 35.2 Å². The number of carbonyl (C=O) groups is 1. The Balaban J connectivity index is 0.00000341. The molecule has 1 saturated carbocycles. The van der Waals surface area contributed by atoms with Crippen LogP contribution in [0.3, 0.4) is 0 Å². The molecule has 0 atom stereocenters. The van der Waals surface area contributed by atoms with Crippen molar-refractivity contribution >= 4 is 35.8 Å². The van der Waals surface area contributed by atoms with Gasteiger partial charge in [-0.2, -0.15) is 0 Å². The minimum Gasteiger partial charge on any atom is -0.382 e. The van der Waals surface area contributed by atoms with E-state index in [0.717, 1.165) is 82.8 Å². The average molecular weight is 548 g/mol. The standard InChI is InChI=1S/C20H36N8O2.HI/c1-4-30-13-5-8-21-20(22-14-18-25-24-16(2)26(18)3)28-11-9-27(10-12-28)15-19(29)23-17-6-7-17;/h17H,4-15H2,1-3H3,(H,21,22)(H,23,29);1H. The number of nitrogens with one attached hydrogen (secondary N) is 2. The van der Waals surface area contributed by atoms with E-state index in [1.165, 1.54) is 0 Å². The number of piperazine rings is 1. The molecule has 3 rings (SSSR count). The molecular weight excluding hydrogens is 511 g/mol. The van der Waals surface area contributed by atoms with Gasteiger partial charge in [0.1, 0.15) is 12.4 Å². The topological polar surface area (TPSA) is 99.9 Å². The Kier molecular flexibility index (Phi) is 10.9. The molecule has 2 N–H and O–H groups in total. The number of carbonyl (C=O) groups excluding carboxylic acids is 1. The molecule has 0 bridgehead atoms. The zero-order chi connectivity index (χ0) is 21.3. The number of amides is 1. The number of rotatable bonds is 10. The lowest BCUT2D eigenvalue weighted by molar-refractivity contribution is -0.122. The van der Waals surface area contributed by atoms with Crippen molar-refractivity contribution in [2.45, 2.75) is 45.7 Å². The molecule has 176 valence electrons. The van der Waals surface area contributed by atoms with Crippen LogP contribution in [0.1, 0.15) is 37.8 Å². The van der Waals surface area contributed by atoms with Gasteiger partial charge in [0.25, 0.3) is 0 Å². The second-order valence-electron chi connectivity index (χ2n) is 7.94. The normalized spacial score (nSPS) is 17.4. The van der Waals surface area contributed by atoms with Gasteiger partial charge in [-0.1, -0.05) is 0 Å². The highest BCUT2D eigenvalue weighted by molar-refractivity contribution is 14.0. The summed E-state index contributed by atoms with van der Waals surface area (Å²) >= 11 is 0. The molecule has 1 amide bonds. The predicted molar refractivity (Wildman–Crippen MR) is 131 cm³/mol. The minimum absolute atomic E-state index is 0. The number of guanidine groups is 1. The van der Waals surface area contributed by atoms with Crippen LogP contribution < -0.4 is 10.6 Å². The summed E-state index contributed by atoms with van der Waals surface area (Å²) in [6.45, 7) is 10.6. The molecule has 11 heteroatoms. The number of hydrogen-bond acceptors (Lipinski definition) is 6. The molecule has 0 radical (unpaired) electrons. The Bertz CT molecular complexity index is 714. The fourth-order valence-electron chi connectivity index (χ4n) is 3.34. The van der Waals surface area contributed by atoms with E-state index in [2.05, 4.69) is 30.6 Å². The molecule has 0 spiro atoms. The van der Waals surface area contributed by atoms with E-state index < -0.39 is 0 Å². The van der Waals surface area contributed by atoms with Crippen molar-refractivity contribution in [2.24, 2.45) is 12.0 Å². The van der Waals surface area contributed by atoms with Gasteiger partial charge >= 0.3 is 0 Å². The largest absolute Gasteiger partial charge is 0.382 e. The number of aliphatic imine (C=N–C) groups is 1. The van der Waals surface area contributed by atoms with E-state index in [9.17, 15) is 4.79 Å². The van der Waals surface area contributed by atoms with E-state index in [4.69, 9.17) is 9.73 Å². The van der Waals surface area contributed by atoms with Crippen LogP contribution in [-0.2, 0) is 23.1 Å². The summed E-state index contributed by atoms with van der Waals surface area (Å²) in [7, 11) is 1.96. The first-order valence-corrected chi connectivity index (χ1v) is 11.0. The fourth-order valence-corrected chi connectivity index (χ4v) is 3.34. The van der Waals surface area contributed by atoms with Gasteiger partial charge in [-0.25, -0.2) is 4.99 Å².